The van der Waals surface area contributed by atoms with Gasteiger partial charge in [0.2, 0.25) is 5.88 Å². The van der Waals surface area contributed by atoms with Crippen molar-refractivity contribution in [3.63, 3.8) is 0 Å². The summed E-state index contributed by atoms with van der Waals surface area (Å²) >= 11 is 6.03. The number of hydrogen-bond acceptors (Lipinski definition) is 6. The summed E-state index contributed by atoms with van der Waals surface area (Å²) in [6.07, 6.45) is -8.65. The van der Waals surface area contributed by atoms with E-state index in [0.29, 0.717) is 10.6 Å². The van der Waals surface area contributed by atoms with E-state index in [9.17, 15) is 41.8 Å². The molecule has 0 bridgehead atoms. The zero-order valence-electron chi connectivity index (χ0n) is 20.3. The monoisotopic (exact) mass is 575 g/mol. The number of rotatable bonds is 10. The molecule has 1 amide bonds. The van der Waals surface area contributed by atoms with Crippen molar-refractivity contribution in [1.29, 1.82) is 0 Å². The van der Waals surface area contributed by atoms with Crippen molar-refractivity contribution < 1.29 is 46.5 Å². The number of aliphatic hydroxyl groups excluding tert-OH is 1. The fourth-order valence-corrected chi connectivity index (χ4v) is 3.70. The van der Waals surface area contributed by atoms with E-state index in [1.165, 1.54) is 7.05 Å². The molecule has 0 fully saturated rings. The summed E-state index contributed by atoms with van der Waals surface area (Å²) in [5.74, 6) is -8.13. The second-order valence-electron chi connectivity index (χ2n) is 8.65. The topological polar surface area (TPSA) is 114 Å². The SMILES string of the molecule is Cn1nc(C(=O)N[C@H](Cc2ccc(-c3cccc(Cl)c3)cc2)C[C@@H](O)C(=O)OCC(F)(F)C(F)(F)F)cc1O. The van der Waals surface area contributed by atoms with Crippen LogP contribution in [0.4, 0.5) is 22.0 Å². The Kier molecular flexibility index (Phi) is 9.18. The maximum Gasteiger partial charge on any atom is 0.456 e. The Bertz CT molecular complexity index is 1290. The predicted molar refractivity (Wildman–Crippen MR) is 129 cm³/mol. The Hall–Kier alpha value is -3.71. The zero-order chi connectivity index (χ0) is 29.0. The van der Waals surface area contributed by atoms with Gasteiger partial charge in [-0.1, -0.05) is 48.0 Å². The minimum absolute atomic E-state index is 0.0173. The lowest BCUT2D eigenvalue weighted by molar-refractivity contribution is -0.294. The van der Waals surface area contributed by atoms with Gasteiger partial charge in [-0.3, -0.25) is 4.79 Å². The van der Waals surface area contributed by atoms with Gasteiger partial charge in [-0.2, -0.15) is 27.1 Å². The Morgan fingerprint density at radius 1 is 1.08 bits per heavy atom. The Morgan fingerprint density at radius 2 is 1.74 bits per heavy atom. The van der Waals surface area contributed by atoms with Gasteiger partial charge in [0.15, 0.2) is 18.4 Å². The number of alkyl halides is 5. The number of nitrogens with one attached hydrogen (secondary N) is 1. The summed E-state index contributed by atoms with van der Waals surface area (Å²) in [7, 11) is 1.38. The number of aromatic nitrogens is 2. The van der Waals surface area contributed by atoms with Crippen LogP contribution >= 0.6 is 11.6 Å². The van der Waals surface area contributed by atoms with E-state index in [4.69, 9.17) is 11.6 Å². The smallest absolute Gasteiger partial charge is 0.456 e. The largest absolute Gasteiger partial charge is 0.493 e. The number of hydrogen-bond donors (Lipinski definition) is 3. The van der Waals surface area contributed by atoms with Crippen molar-refractivity contribution in [2.45, 2.75) is 37.1 Å². The molecule has 14 heteroatoms. The van der Waals surface area contributed by atoms with E-state index in [-0.39, 0.29) is 18.0 Å². The first-order valence-electron chi connectivity index (χ1n) is 11.3. The van der Waals surface area contributed by atoms with Gasteiger partial charge in [-0.25, -0.2) is 9.48 Å². The molecule has 0 spiro atoms. The van der Waals surface area contributed by atoms with Crippen LogP contribution in [0.1, 0.15) is 22.5 Å². The van der Waals surface area contributed by atoms with E-state index >= 15 is 0 Å². The minimum Gasteiger partial charge on any atom is -0.493 e. The van der Waals surface area contributed by atoms with Crippen LogP contribution in [0.5, 0.6) is 5.88 Å². The van der Waals surface area contributed by atoms with Crippen molar-refractivity contribution >= 4 is 23.5 Å². The van der Waals surface area contributed by atoms with Crippen LogP contribution < -0.4 is 5.32 Å². The third-order valence-corrected chi connectivity index (χ3v) is 5.84. The van der Waals surface area contributed by atoms with Gasteiger partial charge < -0.3 is 20.3 Å². The molecule has 8 nitrogen and oxygen atoms in total. The number of amides is 1. The van der Waals surface area contributed by atoms with Gasteiger partial charge in [0.05, 0.1) is 0 Å². The summed E-state index contributed by atoms with van der Waals surface area (Å²) in [4.78, 5) is 24.7. The number of benzene rings is 2. The first-order chi connectivity index (χ1) is 18.2. The van der Waals surface area contributed by atoms with Crippen molar-refractivity contribution in [2.24, 2.45) is 7.05 Å². The van der Waals surface area contributed by atoms with E-state index < -0.39 is 49.1 Å². The molecule has 3 rings (SSSR count). The van der Waals surface area contributed by atoms with E-state index in [0.717, 1.165) is 21.9 Å². The summed E-state index contributed by atoms with van der Waals surface area (Å²) in [5.41, 5.74) is 2.08. The molecule has 3 N–H and O–H groups in total. The molecule has 39 heavy (non-hydrogen) atoms. The fourth-order valence-electron chi connectivity index (χ4n) is 3.51. The second-order valence-corrected chi connectivity index (χ2v) is 9.09. The van der Waals surface area contributed by atoms with Gasteiger partial charge >= 0.3 is 18.1 Å². The third kappa shape index (κ3) is 7.90. The number of ether oxygens (including phenoxy) is 1. The highest BCUT2D eigenvalue weighted by Gasteiger charge is 2.58. The lowest BCUT2D eigenvalue weighted by Gasteiger charge is -2.23. The lowest BCUT2D eigenvalue weighted by atomic mass is 9.97. The highest BCUT2D eigenvalue weighted by Crippen LogP contribution is 2.35. The number of esters is 1. The molecule has 2 aromatic carbocycles. The molecule has 0 unspecified atom stereocenters. The average Bonchev–Trinajstić information content (AvgIpc) is 3.20. The third-order valence-electron chi connectivity index (χ3n) is 5.61. The van der Waals surface area contributed by atoms with Crippen molar-refractivity contribution in [3.8, 4) is 17.0 Å². The van der Waals surface area contributed by atoms with Crippen molar-refractivity contribution in [2.75, 3.05) is 6.61 Å². The van der Waals surface area contributed by atoms with Crippen LogP contribution in [-0.4, -0.2) is 62.7 Å². The van der Waals surface area contributed by atoms with Crippen LogP contribution in [0.2, 0.25) is 5.02 Å². The number of aromatic hydroxyl groups is 1. The van der Waals surface area contributed by atoms with E-state index in [1.54, 1.807) is 42.5 Å². The van der Waals surface area contributed by atoms with Gasteiger partial charge in [0.25, 0.3) is 5.91 Å². The highest BCUT2D eigenvalue weighted by atomic mass is 35.5. The highest BCUT2D eigenvalue weighted by molar-refractivity contribution is 6.30. The number of carbonyl (C=O) groups excluding carboxylic acids is 2. The first kappa shape index (κ1) is 29.8. The molecule has 1 heterocycles. The molecule has 0 radical (unpaired) electrons. The molecular weight excluding hydrogens is 553 g/mol. The summed E-state index contributed by atoms with van der Waals surface area (Å²) in [6, 6.07) is 14.1. The lowest BCUT2D eigenvalue weighted by Crippen LogP contribution is -2.44. The number of nitrogens with zero attached hydrogens (tertiary/aromatic N) is 2. The molecule has 210 valence electrons. The van der Waals surface area contributed by atoms with Crippen LogP contribution in [0.25, 0.3) is 11.1 Å². The molecule has 0 aliphatic carbocycles. The van der Waals surface area contributed by atoms with Gasteiger partial charge in [0.1, 0.15) is 0 Å². The normalized spacial score (nSPS) is 13.5. The quantitative estimate of drug-likeness (QED) is 0.246. The predicted octanol–water partition coefficient (Wildman–Crippen LogP) is 4.28. The molecule has 0 saturated heterocycles. The minimum atomic E-state index is -5.94. The molecule has 0 aliphatic rings. The maximum atomic E-state index is 13.1. The molecule has 1 aromatic heterocycles. The number of carbonyl (C=O) groups is 2. The van der Waals surface area contributed by atoms with Crippen LogP contribution in [0.3, 0.4) is 0 Å². The molecule has 3 aromatic rings. The zero-order valence-corrected chi connectivity index (χ0v) is 21.0. The summed E-state index contributed by atoms with van der Waals surface area (Å²) in [5, 5.41) is 26.7. The summed E-state index contributed by atoms with van der Waals surface area (Å²) < 4.78 is 68.3. The summed E-state index contributed by atoms with van der Waals surface area (Å²) in [6.45, 7) is -2.30. The van der Waals surface area contributed by atoms with Crippen molar-refractivity contribution in [1.82, 2.24) is 15.1 Å². The van der Waals surface area contributed by atoms with Crippen LogP contribution in [0.15, 0.2) is 54.6 Å². The number of aryl methyl sites for hydroxylation is 1. The Morgan fingerprint density at radius 3 is 2.31 bits per heavy atom. The average molecular weight is 576 g/mol. The molecule has 0 saturated carbocycles. The maximum absolute atomic E-state index is 13.1. The van der Waals surface area contributed by atoms with Crippen molar-refractivity contribution in [3.05, 3.63) is 70.9 Å². The number of halogens is 6. The Labute approximate surface area is 224 Å². The fraction of sp³-hybridized carbons (Fsp3) is 0.320. The van der Waals surface area contributed by atoms with E-state index in [1.807, 2.05) is 6.07 Å². The van der Waals surface area contributed by atoms with Gasteiger partial charge in [0, 0.05) is 30.6 Å². The van der Waals surface area contributed by atoms with Crippen LogP contribution in [-0.2, 0) is 23.0 Å². The molecule has 2 atom stereocenters. The number of aliphatic hydroxyl groups is 1. The first-order valence-corrected chi connectivity index (χ1v) is 11.7. The van der Waals surface area contributed by atoms with Gasteiger partial charge in [-0.05, 0) is 35.2 Å². The standard InChI is InChI=1S/C25H23ClF5N3O5/c1-34-21(36)12-19(33-34)22(37)32-18(11-20(35)23(38)39-13-24(27,28)25(29,30)31)9-14-5-7-15(8-6-14)16-3-2-4-17(26)10-16/h2-8,10,12,18,20,35-36H,9,11,13H2,1H3,(H,32,37)/t18-,20-/m1/s1. The molecular formula is C25H23ClF5N3O5. The van der Waals surface area contributed by atoms with Gasteiger partial charge in [-0.15, -0.1) is 0 Å². The Balaban J connectivity index is 1.74. The molecule has 0 aliphatic heterocycles. The van der Waals surface area contributed by atoms with E-state index in [2.05, 4.69) is 15.2 Å². The second kappa shape index (κ2) is 12.0. The van der Waals surface area contributed by atoms with Crippen LogP contribution in [0, 0.1) is 0 Å².